The largest absolute Gasteiger partial charge is 1.00 e. The molecule has 0 aromatic rings. The van der Waals surface area contributed by atoms with Gasteiger partial charge in [-0.3, -0.25) is 0 Å². The van der Waals surface area contributed by atoms with Crippen LogP contribution in [0.5, 0.6) is 0 Å². The molecule has 1 N–H and O–H groups in total. The molecular formula is C12H24NNaO2. The molecule has 0 saturated heterocycles. The summed E-state index contributed by atoms with van der Waals surface area (Å²) in [7, 11) is 0. The van der Waals surface area contributed by atoms with E-state index in [0.717, 1.165) is 13.0 Å². The number of aliphatic carboxylic acids is 1. The van der Waals surface area contributed by atoms with Crippen LogP contribution in [0.4, 0.5) is 0 Å². The SMILES string of the molecule is CCCCCCCCCNCCC(=O)[O-].[Na+]. The topological polar surface area (TPSA) is 52.2 Å². The normalized spacial score (nSPS) is 9.81. The van der Waals surface area contributed by atoms with Crippen LogP contribution in [0.3, 0.4) is 0 Å². The molecule has 3 nitrogen and oxygen atoms in total. The molecule has 0 unspecified atom stereocenters. The van der Waals surface area contributed by atoms with Crippen molar-refractivity contribution < 1.29 is 39.5 Å². The van der Waals surface area contributed by atoms with Crippen molar-refractivity contribution in [2.75, 3.05) is 13.1 Å². The van der Waals surface area contributed by atoms with Crippen molar-refractivity contribution >= 4 is 5.97 Å². The van der Waals surface area contributed by atoms with E-state index in [9.17, 15) is 9.90 Å². The first-order valence-corrected chi connectivity index (χ1v) is 6.18. The van der Waals surface area contributed by atoms with Crippen LogP contribution in [-0.2, 0) is 4.79 Å². The Bertz CT molecular complexity index is 154. The number of nitrogens with one attached hydrogen (secondary N) is 1. The van der Waals surface area contributed by atoms with E-state index in [-0.39, 0.29) is 36.0 Å². The minimum atomic E-state index is -0.970. The number of carbonyl (C=O) groups is 1. The van der Waals surface area contributed by atoms with E-state index in [1.165, 1.54) is 38.5 Å². The summed E-state index contributed by atoms with van der Waals surface area (Å²) < 4.78 is 0. The van der Waals surface area contributed by atoms with Gasteiger partial charge in [0.05, 0.1) is 0 Å². The molecule has 0 spiro atoms. The summed E-state index contributed by atoms with van der Waals surface area (Å²) in [5, 5.41) is 13.2. The van der Waals surface area contributed by atoms with Crippen LogP contribution in [0.2, 0.25) is 0 Å². The van der Waals surface area contributed by atoms with Crippen molar-refractivity contribution in [1.82, 2.24) is 5.32 Å². The summed E-state index contributed by atoms with van der Waals surface area (Å²) in [5.41, 5.74) is 0. The Morgan fingerprint density at radius 2 is 1.56 bits per heavy atom. The minimum Gasteiger partial charge on any atom is -0.550 e. The average molecular weight is 237 g/mol. The molecule has 0 aromatic heterocycles. The van der Waals surface area contributed by atoms with E-state index in [0.29, 0.717) is 6.54 Å². The third kappa shape index (κ3) is 16.8. The van der Waals surface area contributed by atoms with Crippen molar-refractivity contribution in [1.29, 1.82) is 0 Å². The van der Waals surface area contributed by atoms with Crippen molar-refractivity contribution in [3.8, 4) is 0 Å². The van der Waals surface area contributed by atoms with Gasteiger partial charge in [-0.25, -0.2) is 0 Å². The van der Waals surface area contributed by atoms with Crippen molar-refractivity contribution in [2.45, 2.75) is 58.3 Å². The molecule has 0 rings (SSSR count). The van der Waals surface area contributed by atoms with Gasteiger partial charge in [0.1, 0.15) is 0 Å². The Morgan fingerprint density at radius 1 is 1.00 bits per heavy atom. The molecule has 0 aromatic carbocycles. The fourth-order valence-electron chi connectivity index (χ4n) is 1.52. The third-order valence-electron chi connectivity index (χ3n) is 2.46. The second-order valence-electron chi connectivity index (χ2n) is 3.99. The molecule has 16 heavy (non-hydrogen) atoms. The summed E-state index contributed by atoms with van der Waals surface area (Å²) in [6.07, 6.45) is 9.18. The van der Waals surface area contributed by atoms with Crippen LogP contribution in [0, 0.1) is 0 Å². The van der Waals surface area contributed by atoms with Crippen molar-refractivity contribution in [3.63, 3.8) is 0 Å². The molecular weight excluding hydrogens is 213 g/mol. The molecule has 0 aliphatic carbocycles. The maximum Gasteiger partial charge on any atom is 1.00 e. The number of hydrogen-bond donors (Lipinski definition) is 1. The number of carbonyl (C=O) groups excluding carboxylic acids is 1. The standard InChI is InChI=1S/C12H25NO2.Na/c1-2-3-4-5-6-7-8-10-13-11-9-12(14)15;/h13H,2-11H2,1H3,(H,14,15);/q;+1/p-1. The average Bonchev–Trinajstić information content (AvgIpc) is 2.20. The molecule has 4 heteroatoms. The first-order chi connectivity index (χ1) is 7.27. The predicted molar refractivity (Wildman–Crippen MR) is 60.5 cm³/mol. The van der Waals surface area contributed by atoms with E-state index in [4.69, 9.17) is 0 Å². The number of carboxylic acids is 1. The summed E-state index contributed by atoms with van der Waals surface area (Å²) in [6, 6.07) is 0. The molecule has 0 atom stereocenters. The second kappa shape index (κ2) is 15.4. The van der Waals surface area contributed by atoms with Crippen LogP contribution in [-0.4, -0.2) is 19.1 Å². The Hall–Kier alpha value is 0.430. The molecule has 0 fully saturated rings. The van der Waals surface area contributed by atoms with E-state index >= 15 is 0 Å². The van der Waals surface area contributed by atoms with Crippen LogP contribution >= 0.6 is 0 Å². The van der Waals surface area contributed by atoms with Gasteiger partial charge in [0.15, 0.2) is 0 Å². The summed E-state index contributed by atoms with van der Waals surface area (Å²) >= 11 is 0. The first kappa shape index (κ1) is 18.8. The molecule has 0 bridgehead atoms. The monoisotopic (exact) mass is 237 g/mol. The fraction of sp³-hybridized carbons (Fsp3) is 0.917. The first-order valence-electron chi connectivity index (χ1n) is 6.18. The van der Waals surface area contributed by atoms with Gasteiger partial charge in [0.25, 0.3) is 0 Å². The maximum atomic E-state index is 10.1. The van der Waals surface area contributed by atoms with E-state index in [2.05, 4.69) is 12.2 Å². The molecule has 0 amide bonds. The Morgan fingerprint density at radius 3 is 2.12 bits per heavy atom. The van der Waals surface area contributed by atoms with E-state index in [1.807, 2.05) is 0 Å². The van der Waals surface area contributed by atoms with Crippen LogP contribution < -0.4 is 40.0 Å². The molecule has 0 heterocycles. The second-order valence-corrected chi connectivity index (χ2v) is 3.99. The number of carboxylic acid groups (broad SMARTS) is 1. The Labute approximate surface area is 122 Å². The van der Waals surface area contributed by atoms with Gasteiger partial charge in [-0.05, 0) is 19.4 Å². The number of hydrogen-bond acceptors (Lipinski definition) is 3. The molecule has 0 saturated carbocycles. The van der Waals surface area contributed by atoms with Gasteiger partial charge < -0.3 is 15.2 Å². The molecule has 0 radical (unpaired) electrons. The van der Waals surface area contributed by atoms with Gasteiger partial charge >= 0.3 is 29.6 Å². The Kier molecular flexibility index (Phi) is 18.1. The third-order valence-corrected chi connectivity index (χ3v) is 2.46. The zero-order chi connectivity index (χ0) is 11.4. The van der Waals surface area contributed by atoms with E-state index < -0.39 is 5.97 Å². The smallest absolute Gasteiger partial charge is 0.550 e. The van der Waals surface area contributed by atoms with Gasteiger partial charge in [-0.15, -0.1) is 0 Å². The van der Waals surface area contributed by atoms with Gasteiger partial charge in [-0.2, -0.15) is 0 Å². The summed E-state index contributed by atoms with van der Waals surface area (Å²) in [6.45, 7) is 3.69. The fourth-order valence-corrected chi connectivity index (χ4v) is 1.52. The van der Waals surface area contributed by atoms with Crippen molar-refractivity contribution in [2.24, 2.45) is 0 Å². The minimum absolute atomic E-state index is 0. The van der Waals surface area contributed by atoms with Crippen LogP contribution in [0.25, 0.3) is 0 Å². The molecule has 0 aliphatic heterocycles. The number of unbranched alkanes of at least 4 members (excludes halogenated alkanes) is 6. The van der Waals surface area contributed by atoms with E-state index in [1.54, 1.807) is 0 Å². The zero-order valence-electron chi connectivity index (χ0n) is 10.9. The zero-order valence-corrected chi connectivity index (χ0v) is 12.9. The van der Waals surface area contributed by atoms with Crippen LogP contribution in [0.1, 0.15) is 58.3 Å². The quantitative estimate of drug-likeness (QED) is 0.350. The van der Waals surface area contributed by atoms with Crippen molar-refractivity contribution in [3.05, 3.63) is 0 Å². The predicted octanol–water partition coefficient (Wildman–Crippen LogP) is -1.53. The maximum absolute atomic E-state index is 10.1. The van der Waals surface area contributed by atoms with Gasteiger partial charge in [-0.1, -0.05) is 45.4 Å². The van der Waals surface area contributed by atoms with Gasteiger partial charge in [0, 0.05) is 12.5 Å². The summed E-state index contributed by atoms with van der Waals surface area (Å²) in [4.78, 5) is 10.1. The molecule has 90 valence electrons. The van der Waals surface area contributed by atoms with Crippen LogP contribution in [0.15, 0.2) is 0 Å². The molecule has 0 aliphatic rings. The Balaban J connectivity index is 0. The number of rotatable bonds is 11. The van der Waals surface area contributed by atoms with Gasteiger partial charge in [0.2, 0.25) is 0 Å². The summed E-state index contributed by atoms with van der Waals surface area (Å²) in [5.74, 6) is -0.970.